The second-order valence-corrected chi connectivity index (χ2v) is 4.08. The van der Waals surface area contributed by atoms with Gasteiger partial charge in [0.2, 0.25) is 0 Å². The minimum absolute atomic E-state index is 0.358. The number of nitrogens with one attached hydrogen (secondary N) is 1. The summed E-state index contributed by atoms with van der Waals surface area (Å²) in [5.41, 5.74) is 4.04. The van der Waals surface area contributed by atoms with E-state index in [0.717, 1.165) is 13.0 Å². The van der Waals surface area contributed by atoms with Crippen molar-refractivity contribution in [2.24, 2.45) is 0 Å². The summed E-state index contributed by atoms with van der Waals surface area (Å²) in [6.07, 6.45) is 0.882. The quantitative estimate of drug-likeness (QED) is 0.759. The number of aryl methyl sites for hydroxylation is 2. The molecular formula is C15H21N. The molecule has 0 aliphatic rings. The Labute approximate surface area is 99.3 Å². The van der Waals surface area contributed by atoms with Gasteiger partial charge < -0.3 is 5.32 Å². The van der Waals surface area contributed by atoms with Crippen molar-refractivity contribution in [3.05, 3.63) is 34.9 Å². The van der Waals surface area contributed by atoms with Gasteiger partial charge in [-0.1, -0.05) is 25.1 Å². The summed E-state index contributed by atoms with van der Waals surface area (Å²) in [5.74, 6) is 6.12. The van der Waals surface area contributed by atoms with E-state index in [1.807, 2.05) is 6.92 Å². The fourth-order valence-electron chi connectivity index (χ4n) is 1.74. The van der Waals surface area contributed by atoms with Gasteiger partial charge in [-0.25, -0.2) is 0 Å². The lowest BCUT2D eigenvalue weighted by Gasteiger charge is -2.17. The first-order valence-corrected chi connectivity index (χ1v) is 5.89. The SMILES string of the molecule is CC#CCC(NCC)c1ccc(C)c(C)c1. The predicted molar refractivity (Wildman–Crippen MR) is 70.4 cm³/mol. The highest BCUT2D eigenvalue weighted by atomic mass is 14.9. The van der Waals surface area contributed by atoms with E-state index in [9.17, 15) is 0 Å². The van der Waals surface area contributed by atoms with Crippen molar-refractivity contribution in [2.75, 3.05) is 6.54 Å². The van der Waals surface area contributed by atoms with Gasteiger partial charge in [0.05, 0.1) is 0 Å². The molecule has 1 rings (SSSR count). The van der Waals surface area contributed by atoms with Crippen molar-refractivity contribution in [1.82, 2.24) is 5.32 Å². The topological polar surface area (TPSA) is 12.0 Å². The van der Waals surface area contributed by atoms with E-state index in [2.05, 4.69) is 56.1 Å². The lowest BCUT2D eigenvalue weighted by atomic mass is 9.99. The molecule has 0 heterocycles. The third kappa shape index (κ3) is 3.40. The summed E-state index contributed by atoms with van der Waals surface area (Å²) in [4.78, 5) is 0. The first-order chi connectivity index (χ1) is 7.69. The van der Waals surface area contributed by atoms with E-state index >= 15 is 0 Å². The van der Waals surface area contributed by atoms with Crippen molar-refractivity contribution >= 4 is 0 Å². The van der Waals surface area contributed by atoms with Crippen LogP contribution in [-0.4, -0.2) is 6.54 Å². The zero-order chi connectivity index (χ0) is 12.0. The van der Waals surface area contributed by atoms with Crippen LogP contribution in [-0.2, 0) is 0 Å². The Kier molecular flexibility index (Phi) is 5.08. The van der Waals surface area contributed by atoms with Crippen molar-refractivity contribution < 1.29 is 0 Å². The third-order valence-corrected chi connectivity index (χ3v) is 2.87. The second kappa shape index (κ2) is 6.35. The first kappa shape index (κ1) is 12.8. The number of hydrogen-bond donors (Lipinski definition) is 1. The van der Waals surface area contributed by atoms with Crippen LogP contribution in [0.4, 0.5) is 0 Å². The molecule has 16 heavy (non-hydrogen) atoms. The van der Waals surface area contributed by atoms with E-state index in [-0.39, 0.29) is 0 Å². The van der Waals surface area contributed by atoms with Gasteiger partial charge in [-0.2, -0.15) is 0 Å². The maximum atomic E-state index is 3.48. The molecule has 1 atom stereocenters. The van der Waals surface area contributed by atoms with Crippen LogP contribution in [0.5, 0.6) is 0 Å². The monoisotopic (exact) mass is 215 g/mol. The molecule has 0 amide bonds. The molecule has 0 spiro atoms. The summed E-state index contributed by atoms with van der Waals surface area (Å²) in [7, 11) is 0. The van der Waals surface area contributed by atoms with Gasteiger partial charge in [-0.05, 0) is 44.0 Å². The zero-order valence-electron chi connectivity index (χ0n) is 10.7. The smallest absolute Gasteiger partial charge is 0.0430 e. The van der Waals surface area contributed by atoms with E-state index in [1.165, 1.54) is 16.7 Å². The second-order valence-electron chi connectivity index (χ2n) is 4.08. The molecule has 1 nitrogen and oxygen atoms in total. The maximum absolute atomic E-state index is 3.48. The third-order valence-electron chi connectivity index (χ3n) is 2.87. The molecule has 0 aromatic heterocycles. The average molecular weight is 215 g/mol. The lowest BCUT2D eigenvalue weighted by molar-refractivity contribution is 0.565. The predicted octanol–water partition coefficient (Wildman–Crippen LogP) is 3.37. The largest absolute Gasteiger partial charge is 0.309 e. The Balaban J connectivity index is 2.89. The van der Waals surface area contributed by atoms with Crippen LogP contribution in [0.25, 0.3) is 0 Å². The molecular weight excluding hydrogens is 194 g/mol. The molecule has 0 radical (unpaired) electrons. The van der Waals surface area contributed by atoms with E-state index in [4.69, 9.17) is 0 Å². The summed E-state index contributed by atoms with van der Waals surface area (Å²) in [5, 5.41) is 3.48. The molecule has 1 N–H and O–H groups in total. The standard InChI is InChI=1S/C15H21N/c1-5-7-8-15(16-6-2)14-10-9-12(3)13(4)11-14/h9-11,15-16H,6,8H2,1-4H3. The van der Waals surface area contributed by atoms with E-state index < -0.39 is 0 Å². The Morgan fingerprint density at radius 2 is 2.00 bits per heavy atom. The molecule has 86 valence electrons. The number of benzene rings is 1. The van der Waals surface area contributed by atoms with Crippen LogP contribution >= 0.6 is 0 Å². The van der Waals surface area contributed by atoms with Gasteiger partial charge in [-0.15, -0.1) is 11.8 Å². The number of rotatable bonds is 4. The Hall–Kier alpha value is -1.26. The highest BCUT2D eigenvalue weighted by Gasteiger charge is 2.09. The Morgan fingerprint density at radius 3 is 2.56 bits per heavy atom. The van der Waals surface area contributed by atoms with Gasteiger partial charge in [-0.3, -0.25) is 0 Å². The zero-order valence-corrected chi connectivity index (χ0v) is 10.7. The molecule has 1 unspecified atom stereocenters. The van der Waals surface area contributed by atoms with Crippen molar-refractivity contribution in [2.45, 2.75) is 40.2 Å². The minimum Gasteiger partial charge on any atom is -0.309 e. The minimum atomic E-state index is 0.358. The van der Waals surface area contributed by atoms with Gasteiger partial charge in [0.25, 0.3) is 0 Å². The molecule has 0 fully saturated rings. The van der Waals surface area contributed by atoms with Gasteiger partial charge in [0.1, 0.15) is 0 Å². The Morgan fingerprint density at radius 1 is 1.25 bits per heavy atom. The van der Waals surface area contributed by atoms with Crippen LogP contribution in [0.1, 0.15) is 43.0 Å². The highest BCUT2D eigenvalue weighted by Crippen LogP contribution is 2.19. The maximum Gasteiger partial charge on any atom is 0.0430 e. The van der Waals surface area contributed by atoms with Gasteiger partial charge >= 0.3 is 0 Å². The fraction of sp³-hybridized carbons (Fsp3) is 0.467. The van der Waals surface area contributed by atoms with Gasteiger partial charge in [0, 0.05) is 12.5 Å². The fourth-order valence-corrected chi connectivity index (χ4v) is 1.74. The van der Waals surface area contributed by atoms with Crippen molar-refractivity contribution in [1.29, 1.82) is 0 Å². The van der Waals surface area contributed by atoms with E-state index in [0.29, 0.717) is 6.04 Å². The average Bonchev–Trinajstić information content (AvgIpc) is 2.28. The lowest BCUT2D eigenvalue weighted by Crippen LogP contribution is -2.20. The molecule has 1 aromatic rings. The van der Waals surface area contributed by atoms with Crippen LogP contribution in [0.2, 0.25) is 0 Å². The summed E-state index contributed by atoms with van der Waals surface area (Å²) >= 11 is 0. The molecule has 1 heteroatoms. The molecule has 1 aromatic carbocycles. The van der Waals surface area contributed by atoms with Crippen LogP contribution in [0.15, 0.2) is 18.2 Å². The number of hydrogen-bond acceptors (Lipinski definition) is 1. The normalized spacial score (nSPS) is 11.8. The molecule has 0 aliphatic carbocycles. The molecule has 0 saturated heterocycles. The summed E-state index contributed by atoms with van der Waals surface area (Å²) in [6, 6.07) is 7.01. The van der Waals surface area contributed by atoms with Crippen LogP contribution < -0.4 is 5.32 Å². The highest BCUT2D eigenvalue weighted by molar-refractivity contribution is 5.32. The molecule has 0 aliphatic heterocycles. The Bertz CT molecular complexity index is 396. The van der Waals surface area contributed by atoms with Crippen molar-refractivity contribution in [3.8, 4) is 11.8 Å². The first-order valence-electron chi connectivity index (χ1n) is 5.89. The van der Waals surface area contributed by atoms with Gasteiger partial charge in [0.15, 0.2) is 0 Å². The summed E-state index contributed by atoms with van der Waals surface area (Å²) < 4.78 is 0. The molecule has 0 saturated carbocycles. The summed E-state index contributed by atoms with van der Waals surface area (Å²) in [6.45, 7) is 9.31. The van der Waals surface area contributed by atoms with Crippen molar-refractivity contribution in [3.63, 3.8) is 0 Å². The van der Waals surface area contributed by atoms with E-state index in [1.54, 1.807) is 0 Å². The van der Waals surface area contributed by atoms with Crippen LogP contribution in [0, 0.1) is 25.7 Å². The molecule has 0 bridgehead atoms. The van der Waals surface area contributed by atoms with Crippen LogP contribution in [0.3, 0.4) is 0 Å².